The number of anilines is 2. The van der Waals surface area contributed by atoms with Crippen LogP contribution in [0.3, 0.4) is 0 Å². The molecule has 9 aromatic rings. The van der Waals surface area contributed by atoms with Crippen LogP contribution < -0.4 is 21.7 Å². The fourth-order valence-corrected chi connectivity index (χ4v) is 10.1. The van der Waals surface area contributed by atoms with Crippen molar-refractivity contribution in [1.82, 2.24) is 44.4 Å². The number of aliphatic hydroxyl groups is 4. The van der Waals surface area contributed by atoms with Crippen molar-refractivity contribution in [3.63, 3.8) is 0 Å². The summed E-state index contributed by atoms with van der Waals surface area (Å²) in [4.78, 5) is 28.0. The van der Waals surface area contributed by atoms with Crippen LogP contribution in [0.25, 0.3) is 22.3 Å². The topological polar surface area (TPSA) is 267 Å². The summed E-state index contributed by atoms with van der Waals surface area (Å²) in [6, 6.07) is 51.4. The summed E-state index contributed by atoms with van der Waals surface area (Å²) in [6.45, 7) is 2.63. The summed E-state index contributed by atoms with van der Waals surface area (Å²) >= 11 is 0. The molecule has 8 atom stereocenters. The maximum atomic E-state index is 10.9. The predicted molar refractivity (Wildman–Crippen MR) is 298 cm³/mol. The first kappa shape index (κ1) is 54.7. The van der Waals surface area contributed by atoms with Crippen LogP contribution in [0.1, 0.15) is 63.8 Å². The van der Waals surface area contributed by atoms with E-state index in [1.54, 1.807) is 15.5 Å². The van der Waals surface area contributed by atoms with Gasteiger partial charge >= 0.3 is 0 Å². The third-order valence-corrected chi connectivity index (χ3v) is 14.2. The predicted octanol–water partition coefficient (Wildman–Crippen LogP) is 5.42. The monoisotopic (exact) mass is 1070 g/mol. The van der Waals surface area contributed by atoms with Crippen LogP contribution in [-0.4, -0.2) is 137 Å². The molecular formula is C59H66N12O8. The number of rotatable bonds is 21. The molecule has 410 valence electrons. The van der Waals surface area contributed by atoms with Gasteiger partial charge in [-0.3, -0.25) is 9.13 Å². The minimum atomic E-state index is -1.18. The molecule has 0 amide bonds. The molecule has 2 aliphatic heterocycles. The Hall–Kier alpha value is -7.60. The van der Waals surface area contributed by atoms with Crippen LogP contribution in [-0.2, 0) is 38.6 Å². The van der Waals surface area contributed by atoms with Gasteiger partial charge in [0.15, 0.2) is 46.4 Å². The maximum Gasteiger partial charge on any atom is 0.168 e. The molecule has 79 heavy (non-hydrogen) atoms. The summed E-state index contributed by atoms with van der Waals surface area (Å²) in [7, 11) is 3.04. The van der Waals surface area contributed by atoms with Crippen molar-refractivity contribution in [3.8, 4) is 0 Å². The number of benzene rings is 5. The molecule has 20 nitrogen and oxygen atoms in total. The van der Waals surface area contributed by atoms with E-state index in [2.05, 4.69) is 96.5 Å². The average molecular weight is 1070 g/mol. The van der Waals surface area contributed by atoms with E-state index < -0.39 is 49.1 Å². The number of hydrogen-bond donors (Lipinski definition) is 8. The van der Waals surface area contributed by atoms with E-state index in [-0.39, 0.29) is 31.6 Å². The number of fused-ring (bicyclic) bond motifs is 2. The van der Waals surface area contributed by atoms with Crippen LogP contribution in [0.5, 0.6) is 0 Å². The van der Waals surface area contributed by atoms with Crippen LogP contribution >= 0.6 is 0 Å². The van der Waals surface area contributed by atoms with Gasteiger partial charge in [0.25, 0.3) is 0 Å². The van der Waals surface area contributed by atoms with E-state index in [1.807, 2.05) is 91.0 Å². The molecule has 4 aromatic heterocycles. The number of aromatic nitrogens is 8. The molecule has 0 bridgehead atoms. The second-order valence-corrected chi connectivity index (χ2v) is 19.4. The number of nitrogens with two attached hydrogens (primary N) is 1. The molecule has 0 saturated carbocycles. The van der Waals surface area contributed by atoms with Gasteiger partial charge in [-0.1, -0.05) is 152 Å². The SMILES string of the molecule is COC[C@H]1O[C@@H](n2cnc3c(NCC(c4ccccc4)c4ccccc4)nc(CN)nc32)[C@H](O)[C@@H]1O.COC[C@H]1O[C@@H](n2cnc3c(NCC(c4ccccc4)c4ccccc4)nc(CNCc4ccccc4)nc32)[C@H](O)[C@@H]1O. The highest BCUT2D eigenvalue weighted by atomic mass is 16.6. The van der Waals surface area contributed by atoms with Gasteiger partial charge in [-0.15, -0.1) is 0 Å². The van der Waals surface area contributed by atoms with Gasteiger partial charge in [-0.2, -0.15) is 0 Å². The number of nitrogens with one attached hydrogen (secondary N) is 3. The number of ether oxygens (including phenoxy) is 4. The van der Waals surface area contributed by atoms with Crippen molar-refractivity contribution >= 4 is 34.0 Å². The van der Waals surface area contributed by atoms with Crippen molar-refractivity contribution in [3.05, 3.63) is 204 Å². The first-order valence-electron chi connectivity index (χ1n) is 26.3. The number of hydrogen-bond acceptors (Lipinski definition) is 18. The van der Waals surface area contributed by atoms with Crippen LogP contribution in [0.2, 0.25) is 0 Å². The highest BCUT2D eigenvalue weighted by Gasteiger charge is 2.45. The van der Waals surface area contributed by atoms with E-state index in [0.717, 1.165) is 5.56 Å². The van der Waals surface area contributed by atoms with Crippen LogP contribution in [0.15, 0.2) is 164 Å². The van der Waals surface area contributed by atoms with Crippen LogP contribution in [0, 0.1) is 0 Å². The van der Waals surface area contributed by atoms with Gasteiger partial charge in [0.05, 0.1) is 39.0 Å². The second kappa shape index (κ2) is 25.9. The molecule has 11 rings (SSSR count). The van der Waals surface area contributed by atoms with E-state index in [4.69, 9.17) is 34.6 Å². The van der Waals surface area contributed by atoms with Crippen molar-refractivity contribution in [2.75, 3.05) is 51.2 Å². The number of imidazole rings is 2. The molecule has 6 heterocycles. The normalized spacial score (nSPS) is 21.0. The first-order chi connectivity index (χ1) is 38.7. The van der Waals surface area contributed by atoms with Gasteiger partial charge in [0.2, 0.25) is 0 Å². The smallest absolute Gasteiger partial charge is 0.168 e. The molecule has 5 aromatic carbocycles. The Morgan fingerprint density at radius 2 is 0.886 bits per heavy atom. The molecule has 2 fully saturated rings. The van der Waals surface area contributed by atoms with E-state index in [1.165, 1.54) is 42.8 Å². The molecule has 0 spiro atoms. The lowest BCUT2D eigenvalue weighted by molar-refractivity contribution is -0.0580. The quantitative estimate of drug-likeness (QED) is 0.0446. The fourth-order valence-electron chi connectivity index (χ4n) is 10.1. The molecule has 0 radical (unpaired) electrons. The van der Waals surface area contributed by atoms with E-state index in [0.29, 0.717) is 71.8 Å². The number of methoxy groups -OCH3 is 2. The minimum absolute atomic E-state index is 0.0686. The van der Waals surface area contributed by atoms with Crippen molar-refractivity contribution < 1.29 is 39.4 Å². The maximum absolute atomic E-state index is 10.9. The lowest BCUT2D eigenvalue weighted by Gasteiger charge is -2.20. The third-order valence-electron chi connectivity index (χ3n) is 14.2. The van der Waals surface area contributed by atoms with Gasteiger partial charge in [-0.05, 0) is 27.8 Å². The Bertz CT molecular complexity index is 3250. The van der Waals surface area contributed by atoms with Gasteiger partial charge < -0.3 is 61.1 Å². The highest BCUT2D eigenvalue weighted by molar-refractivity contribution is 5.84. The zero-order valence-corrected chi connectivity index (χ0v) is 43.9. The summed E-state index contributed by atoms with van der Waals surface area (Å²) in [6.07, 6.45) is -4.54. The molecule has 2 saturated heterocycles. The molecule has 2 aliphatic rings. The van der Waals surface area contributed by atoms with Crippen molar-refractivity contribution in [2.24, 2.45) is 5.73 Å². The van der Waals surface area contributed by atoms with Crippen molar-refractivity contribution in [2.45, 2.75) is 80.5 Å². The summed E-state index contributed by atoms with van der Waals surface area (Å²) in [5.41, 5.74) is 13.8. The standard InChI is InChI=1S/C33H36N6O4.C26H30N6O4/c1-42-20-26-29(40)30(41)33(43-26)39-21-36-28-31(37-27(38-32(28)39)19-34-17-22-11-5-2-6-12-22)35-18-25(23-13-7-3-8-14-23)24-15-9-4-10-16-24;1-35-14-19-22(33)23(34)26(36-19)32-15-29-21-24(30-20(12-27)31-25(21)32)28-13-18(16-8-4-2-5-9-16)17-10-6-3-7-11-17/h2-16,21,25-26,29-30,33-34,40-41H,17-20H2,1H3,(H,35,37,38);2-11,15,18-19,22-23,26,33-34H,12-14,27H2,1H3,(H,28,30,31)/t26-,29-,30-,33-;19-,22-,23-,26-/m11/s1. The Morgan fingerprint density at radius 1 is 0.506 bits per heavy atom. The zero-order chi connectivity index (χ0) is 54.7. The zero-order valence-electron chi connectivity index (χ0n) is 43.9. The highest BCUT2D eigenvalue weighted by Crippen LogP contribution is 2.36. The fraction of sp³-hybridized carbons (Fsp3) is 0.322. The Kier molecular flexibility index (Phi) is 18.0. The molecule has 20 heteroatoms. The Balaban J connectivity index is 0.000000181. The average Bonchev–Trinajstić information content (AvgIpc) is 4.29. The van der Waals surface area contributed by atoms with E-state index >= 15 is 0 Å². The molecular weight excluding hydrogens is 1000 g/mol. The summed E-state index contributed by atoms with van der Waals surface area (Å²) in [5, 5.41) is 52.9. The lowest BCUT2D eigenvalue weighted by Crippen LogP contribution is -2.33. The summed E-state index contributed by atoms with van der Waals surface area (Å²) in [5.74, 6) is 2.25. The van der Waals surface area contributed by atoms with Crippen LogP contribution in [0.4, 0.5) is 11.6 Å². The molecule has 0 unspecified atom stereocenters. The largest absolute Gasteiger partial charge is 0.387 e. The third kappa shape index (κ3) is 12.5. The Morgan fingerprint density at radius 3 is 1.28 bits per heavy atom. The van der Waals surface area contributed by atoms with E-state index in [9.17, 15) is 20.4 Å². The first-order valence-corrected chi connectivity index (χ1v) is 26.3. The second-order valence-electron chi connectivity index (χ2n) is 19.4. The van der Waals surface area contributed by atoms with Crippen molar-refractivity contribution in [1.29, 1.82) is 0 Å². The number of aliphatic hydroxyl groups excluding tert-OH is 4. The van der Waals surface area contributed by atoms with Gasteiger partial charge in [0.1, 0.15) is 48.3 Å². The van der Waals surface area contributed by atoms with Gasteiger partial charge in [-0.25, -0.2) is 29.9 Å². The number of nitrogens with zero attached hydrogens (tertiary/aromatic N) is 8. The Labute approximate surface area is 457 Å². The summed E-state index contributed by atoms with van der Waals surface area (Å²) < 4.78 is 25.5. The molecule has 0 aliphatic carbocycles. The van der Waals surface area contributed by atoms with Gasteiger partial charge in [0, 0.05) is 45.7 Å². The minimum Gasteiger partial charge on any atom is -0.387 e. The lowest BCUT2D eigenvalue weighted by atomic mass is 9.91. The molecule has 9 N–H and O–H groups in total.